The first-order valence-corrected chi connectivity index (χ1v) is 8.51. The van der Waals surface area contributed by atoms with Crippen molar-refractivity contribution in [1.29, 1.82) is 0 Å². The second-order valence-electron chi connectivity index (χ2n) is 5.32. The Morgan fingerprint density at radius 2 is 2.45 bits per heavy atom. The Kier molecular flexibility index (Phi) is 6.61. The van der Waals surface area contributed by atoms with Crippen molar-refractivity contribution < 1.29 is 9.59 Å². The number of carbonyl (C=O) groups is 2. The molecule has 1 unspecified atom stereocenters. The van der Waals surface area contributed by atoms with Gasteiger partial charge in [-0.1, -0.05) is 12.1 Å². The van der Waals surface area contributed by atoms with Gasteiger partial charge in [-0.15, -0.1) is 17.9 Å². The summed E-state index contributed by atoms with van der Waals surface area (Å²) in [5.74, 6) is -0.0613. The predicted octanol–water partition coefficient (Wildman–Crippen LogP) is 1.52. The number of nitrogens with zero attached hydrogens (tertiary/aromatic N) is 1. The fourth-order valence-corrected chi connectivity index (χ4v) is 3.10. The average molecular weight is 321 g/mol. The van der Waals surface area contributed by atoms with Crippen molar-refractivity contribution >= 4 is 23.2 Å². The van der Waals surface area contributed by atoms with Crippen LogP contribution < -0.4 is 10.6 Å². The van der Waals surface area contributed by atoms with E-state index >= 15 is 0 Å². The SMILES string of the molecule is C=CCCCN1CCNC(CC(=O)NCc2cccs2)C1=O. The second kappa shape index (κ2) is 8.70. The molecular formula is C16H23N3O2S. The van der Waals surface area contributed by atoms with Gasteiger partial charge in [-0.25, -0.2) is 0 Å². The zero-order chi connectivity index (χ0) is 15.8. The van der Waals surface area contributed by atoms with Gasteiger partial charge in [0, 0.05) is 24.5 Å². The number of thiophene rings is 1. The second-order valence-corrected chi connectivity index (χ2v) is 6.36. The van der Waals surface area contributed by atoms with E-state index < -0.39 is 6.04 Å². The number of unbranched alkanes of at least 4 members (excludes halogenated alkanes) is 1. The van der Waals surface area contributed by atoms with E-state index in [0.717, 1.165) is 30.8 Å². The van der Waals surface area contributed by atoms with Gasteiger partial charge in [-0.2, -0.15) is 0 Å². The highest BCUT2D eigenvalue weighted by atomic mass is 32.1. The van der Waals surface area contributed by atoms with Crippen LogP contribution in [0.2, 0.25) is 0 Å². The lowest BCUT2D eigenvalue weighted by Gasteiger charge is -2.33. The summed E-state index contributed by atoms with van der Waals surface area (Å²) >= 11 is 1.61. The van der Waals surface area contributed by atoms with E-state index in [2.05, 4.69) is 17.2 Å². The Bertz CT molecular complexity index is 501. The topological polar surface area (TPSA) is 61.4 Å². The monoisotopic (exact) mass is 321 g/mol. The largest absolute Gasteiger partial charge is 0.351 e. The van der Waals surface area contributed by atoms with E-state index in [9.17, 15) is 9.59 Å². The van der Waals surface area contributed by atoms with E-state index in [-0.39, 0.29) is 18.2 Å². The molecule has 0 saturated carbocycles. The summed E-state index contributed by atoms with van der Waals surface area (Å²) in [6.07, 6.45) is 3.89. The Morgan fingerprint density at radius 3 is 3.18 bits per heavy atom. The van der Waals surface area contributed by atoms with Gasteiger partial charge in [0.2, 0.25) is 11.8 Å². The molecule has 6 heteroatoms. The third-order valence-electron chi connectivity index (χ3n) is 3.65. The highest BCUT2D eigenvalue weighted by Gasteiger charge is 2.29. The first-order valence-electron chi connectivity index (χ1n) is 7.63. The highest BCUT2D eigenvalue weighted by molar-refractivity contribution is 7.09. The van der Waals surface area contributed by atoms with Crippen molar-refractivity contribution in [3.63, 3.8) is 0 Å². The van der Waals surface area contributed by atoms with E-state index in [1.807, 2.05) is 28.5 Å². The molecule has 2 heterocycles. The van der Waals surface area contributed by atoms with E-state index in [1.54, 1.807) is 11.3 Å². The Labute approximate surface area is 135 Å². The Hall–Kier alpha value is -1.66. The molecule has 1 aromatic heterocycles. The zero-order valence-corrected chi connectivity index (χ0v) is 13.5. The lowest BCUT2D eigenvalue weighted by Crippen LogP contribution is -2.56. The minimum atomic E-state index is -0.402. The van der Waals surface area contributed by atoms with Gasteiger partial charge in [0.15, 0.2) is 0 Å². The standard InChI is InChI=1S/C16H23N3O2S/c1-2-3-4-8-19-9-7-17-14(16(19)21)11-15(20)18-12-13-6-5-10-22-13/h2,5-6,10,14,17H,1,3-4,7-9,11-12H2,(H,18,20). The molecule has 0 bridgehead atoms. The molecule has 1 aliphatic heterocycles. The number of hydrogen-bond donors (Lipinski definition) is 2. The van der Waals surface area contributed by atoms with Crippen molar-refractivity contribution in [3.05, 3.63) is 35.0 Å². The van der Waals surface area contributed by atoms with Crippen LogP contribution in [0.25, 0.3) is 0 Å². The Balaban J connectivity index is 1.76. The van der Waals surface area contributed by atoms with Gasteiger partial charge in [0.25, 0.3) is 0 Å². The Morgan fingerprint density at radius 1 is 1.59 bits per heavy atom. The van der Waals surface area contributed by atoms with Crippen LogP contribution in [0.3, 0.4) is 0 Å². The third kappa shape index (κ3) is 4.96. The summed E-state index contributed by atoms with van der Waals surface area (Å²) in [6.45, 7) is 6.40. The van der Waals surface area contributed by atoms with E-state index in [1.165, 1.54) is 0 Å². The molecule has 5 nitrogen and oxygen atoms in total. The fourth-order valence-electron chi connectivity index (χ4n) is 2.46. The van der Waals surface area contributed by atoms with Crippen molar-refractivity contribution in [2.75, 3.05) is 19.6 Å². The number of hydrogen-bond acceptors (Lipinski definition) is 4. The molecule has 120 valence electrons. The van der Waals surface area contributed by atoms with Crippen molar-refractivity contribution in [2.24, 2.45) is 0 Å². The van der Waals surface area contributed by atoms with Gasteiger partial charge in [0.05, 0.1) is 19.0 Å². The van der Waals surface area contributed by atoms with Gasteiger partial charge in [0.1, 0.15) is 0 Å². The molecule has 1 atom stereocenters. The molecule has 0 radical (unpaired) electrons. The summed E-state index contributed by atoms with van der Waals surface area (Å²) in [6, 6.07) is 3.54. The number of carbonyl (C=O) groups excluding carboxylic acids is 2. The molecule has 2 amide bonds. The third-order valence-corrected chi connectivity index (χ3v) is 4.52. The molecule has 0 spiro atoms. The molecule has 22 heavy (non-hydrogen) atoms. The van der Waals surface area contributed by atoms with Crippen LogP contribution in [0.5, 0.6) is 0 Å². The highest BCUT2D eigenvalue weighted by Crippen LogP contribution is 2.09. The van der Waals surface area contributed by atoms with Crippen molar-refractivity contribution in [1.82, 2.24) is 15.5 Å². The van der Waals surface area contributed by atoms with Crippen molar-refractivity contribution in [3.8, 4) is 0 Å². The van der Waals surface area contributed by atoms with E-state index in [0.29, 0.717) is 13.1 Å². The maximum Gasteiger partial charge on any atom is 0.240 e. The van der Waals surface area contributed by atoms with Gasteiger partial charge < -0.3 is 15.5 Å². The first-order chi connectivity index (χ1) is 10.7. The average Bonchev–Trinajstić information content (AvgIpc) is 3.02. The summed E-state index contributed by atoms with van der Waals surface area (Å²) in [5.41, 5.74) is 0. The van der Waals surface area contributed by atoms with Crippen LogP contribution in [0, 0.1) is 0 Å². The molecule has 2 rings (SSSR count). The van der Waals surface area contributed by atoms with Crippen LogP contribution in [-0.4, -0.2) is 42.4 Å². The number of amides is 2. The molecule has 1 fully saturated rings. The van der Waals surface area contributed by atoms with Crippen LogP contribution in [0.1, 0.15) is 24.1 Å². The molecule has 1 aliphatic rings. The maximum absolute atomic E-state index is 12.3. The van der Waals surface area contributed by atoms with Crippen LogP contribution in [0.15, 0.2) is 30.2 Å². The van der Waals surface area contributed by atoms with Crippen LogP contribution in [-0.2, 0) is 16.1 Å². The first kappa shape index (κ1) is 16.7. The smallest absolute Gasteiger partial charge is 0.240 e. The van der Waals surface area contributed by atoms with Gasteiger partial charge in [-0.3, -0.25) is 9.59 Å². The fraction of sp³-hybridized carbons (Fsp3) is 0.500. The number of piperazine rings is 1. The van der Waals surface area contributed by atoms with Gasteiger partial charge in [-0.05, 0) is 24.3 Å². The van der Waals surface area contributed by atoms with Gasteiger partial charge >= 0.3 is 0 Å². The molecule has 0 aromatic carbocycles. The summed E-state index contributed by atoms with van der Waals surface area (Å²) < 4.78 is 0. The van der Waals surface area contributed by atoms with E-state index in [4.69, 9.17) is 0 Å². The van der Waals surface area contributed by atoms with Crippen LogP contribution >= 0.6 is 11.3 Å². The van der Waals surface area contributed by atoms with Crippen LogP contribution in [0.4, 0.5) is 0 Å². The minimum absolute atomic E-state index is 0.0292. The summed E-state index contributed by atoms with van der Waals surface area (Å²) in [4.78, 5) is 27.3. The lowest BCUT2D eigenvalue weighted by molar-refractivity contribution is -0.138. The quantitative estimate of drug-likeness (QED) is 0.564. The lowest BCUT2D eigenvalue weighted by atomic mass is 10.1. The predicted molar refractivity (Wildman–Crippen MR) is 88.6 cm³/mol. The number of allylic oxidation sites excluding steroid dienone is 1. The molecule has 1 saturated heterocycles. The molecule has 0 aliphatic carbocycles. The number of nitrogens with one attached hydrogen (secondary N) is 2. The molecule has 2 N–H and O–H groups in total. The minimum Gasteiger partial charge on any atom is -0.351 e. The zero-order valence-electron chi connectivity index (χ0n) is 12.7. The number of rotatable bonds is 8. The summed E-state index contributed by atoms with van der Waals surface area (Å²) in [5, 5.41) is 7.99. The normalized spacial score (nSPS) is 18.3. The van der Waals surface area contributed by atoms with Crippen molar-refractivity contribution in [2.45, 2.75) is 31.8 Å². The maximum atomic E-state index is 12.3. The molecule has 1 aromatic rings. The summed E-state index contributed by atoms with van der Waals surface area (Å²) in [7, 11) is 0. The molecular weight excluding hydrogens is 298 g/mol.